The van der Waals surface area contributed by atoms with Gasteiger partial charge >= 0.3 is 0 Å². The van der Waals surface area contributed by atoms with Crippen molar-refractivity contribution < 1.29 is 14.3 Å². The maximum Gasteiger partial charge on any atom is 0.264 e. The predicted octanol–water partition coefficient (Wildman–Crippen LogP) is 0.178. The van der Waals surface area contributed by atoms with Crippen LogP contribution >= 0.6 is 0 Å². The highest BCUT2D eigenvalue weighted by atomic mass is 16.5. The van der Waals surface area contributed by atoms with Crippen molar-refractivity contribution in [1.82, 2.24) is 5.32 Å². The van der Waals surface area contributed by atoms with E-state index in [2.05, 4.69) is 5.32 Å². The van der Waals surface area contributed by atoms with Crippen molar-refractivity contribution in [3.05, 3.63) is 23.8 Å². The predicted molar refractivity (Wildman–Crippen MR) is 71.0 cm³/mol. The van der Waals surface area contributed by atoms with Crippen molar-refractivity contribution in [1.29, 1.82) is 0 Å². The zero-order chi connectivity index (χ0) is 14.0. The van der Waals surface area contributed by atoms with Gasteiger partial charge in [-0.05, 0) is 17.7 Å². The van der Waals surface area contributed by atoms with Gasteiger partial charge in [-0.2, -0.15) is 0 Å². The van der Waals surface area contributed by atoms with Crippen LogP contribution in [0.3, 0.4) is 0 Å². The van der Waals surface area contributed by atoms with Gasteiger partial charge in [-0.1, -0.05) is 6.07 Å². The van der Waals surface area contributed by atoms with Gasteiger partial charge in [0.25, 0.3) is 5.91 Å². The Morgan fingerprint density at radius 1 is 1.58 bits per heavy atom. The molecule has 0 fully saturated rings. The largest absolute Gasteiger partial charge is 0.482 e. The lowest BCUT2D eigenvalue weighted by Crippen LogP contribution is -2.35. The fourth-order valence-electron chi connectivity index (χ4n) is 1.94. The molecule has 0 bridgehead atoms. The Morgan fingerprint density at radius 2 is 2.32 bits per heavy atom. The van der Waals surface area contributed by atoms with Crippen LogP contribution in [0.5, 0.6) is 5.75 Å². The highest BCUT2D eigenvalue weighted by Crippen LogP contribution is 2.33. The number of nitrogens with two attached hydrogens (primary N) is 1. The van der Waals surface area contributed by atoms with E-state index >= 15 is 0 Å². The molecule has 3 N–H and O–H groups in total. The molecule has 6 nitrogen and oxygen atoms in total. The monoisotopic (exact) mass is 263 g/mol. The van der Waals surface area contributed by atoms with E-state index in [0.29, 0.717) is 11.4 Å². The number of benzene rings is 1. The fraction of sp³-hybridized carbons (Fsp3) is 0.385. The van der Waals surface area contributed by atoms with Crippen LogP contribution in [0.1, 0.15) is 18.0 Å². The van der Waals surface area contributed by atoms with Gasteiger partial charge in [0.05, 0.1) is 5.69 Å². The molecule has 0 radical (unpaired) electrons. The lowest BCUT2D eigenvalue weighted by atomic mass is 10.0. The number of carbonyl (C=O) groups excluding carboxylic acids is 2. The maximum atomic E-state index is 11.6. The summed E-state index contributed by atoms with van der Waals surface area (Å²) in [5.41, 5.74) is 7.46. The van der Waals surface area contributed by atoms with E-state index in [9.17, 15) is 9.59 Å². The van der Waals surface area contributed by atoms with Crippen LogP contribution in [0.4, 0.5) is 5.69 Å². The second-order valence-corrected chi connectivity index (χ2v) is 4.45. The summed E-state index contributed by atoms with van der Waals surface area (Å²) >= 11 is 0. The van der Waals surface area contributed by atoms with Crippen LogP contribution in [0.25, 0.3) is 0 Å². The first-order valence-electron chi connectivity index (χ1n) is 6.02. The molecule has 0 saturated carbocycles. The standard InChI is InChI=1S/C13H17N3O3/c1-15-12(17)6-9(14)8-3-4-11-10(5-8)16(2)13(18)7-19-11/h3-5,9H,6-7,14H2,1-2H3,(H,15,17). The van der Waals surface area contributed by atoms with E-state index in [1.54, 1.807) is 26.2 Å². The minimum absolute atomic E-state index is 0.0488. The van der Waals surface area contributed by atoms with Crippen LogP contribution in [0, 0.1) is 0 Å². The highest BCUT2D eigenvalue weighted by Gasteiger charge is 2.23. The molecular formula is C13H17N3O3. The third-order valence-corrected chi connectivity index (χ3v) is 3.18. The summed E-state index contributed by atoms with van der Waals surface area (Å²) in [6.45, 7) is 0.0488. The Labute approximate surface area is 111 Å². The Bertz CT molecular complexity index is 516. The Balaban J connectivity index is 2.25. The second kappa shape index (κ2) is 5.27. The molecule has 2 amide bonds. The van der Waals surface area contributed by atoms with Crippen LogP contribution in [0.15, 0.2) is 18.2 Å². The average Bonchev–Trinajstić information content (AvgIpc) is 2.42. The Kier molecular flexibility index (Phi) is 3.71. The van der Waals surface area contributed by atoms with Crippen molar-refractivity contribution >= 4 is 17.5 Å². The Hall–Kier alpha value is -2.08. The summed E-state index contributed by atoms with van der Waals surface area (Å²) in [7, 11) is 3.26. The van der Waals surface area contributed by atoms with E-state index in [0.717, 1.165) is 5.56 Å². The summed E-state index contributed by atoms with van der Waals surface area (Å²) in [6, 6.07) is 4.98. The minimum atomic E-state index is -0.407. The first kappa shape index (κ1) is 13.4. The van der Waals surface area contributed by atoms with Crippen LogP contribution in [-0.2, 0) is 9.59 Å². The van der Waals surface area contributed by atoms with Gasteiger partial charge in [0.1, 0.15) is 5.75 Å². The summed E-state index contributed by atoms with van der Waals surface area (Å²) in [5.74, 6) is 0.424. The minimum Gasteiger partial charge on any atom is -0.482 e. The molecule has 1 aromatic rings. The molecule has 1 heterocycles. The zero-order valence-corrected chi connectivity index (χ0v) is 11.0. The molecular weight excluding hydrogens is 246 g/mol. The summed E-state index contributed by atoms with van der Waals surface area (Å²) < 4.78 is 5.33. The molecule has 1 unspecified atom stereocenters. The smallest absolute Gasteiger partial charge is 0.264 e. The molecule has 19 heavy (non-hydrogen) atoms. The van der Waals surface area contributed by atoms with Crippen molar-refractivity contribution in [2.75, 3.05) is 25.6 Å². The van der Waals surface area contributed by atoms with Crippen molar-refractivity contribution in [3.63, 3.8) is 0 Å². The molecule has 1 aromatic carbocycles. The van der Waals surface area contributed by atoms with E-state index in [1.807, 2.05) is 6.07 Å². The van der Waals surface area contributed by atoms with E-state index in [1.165, 1.54) is 4.90 Å². The first-order chi connectivity index (χ1) is 9.02. The number of amides is 2. The molecule has 1 atom stereocenters. The number of ether oxygens (including phenoxy) is 1. The van der Waals surface area contributed by atoms with Gasteiger partial charge in [-0.25, -0.2) is 0 Å². The number of likely N-dealkylation sites (N-methyl/N-ethyl adjacent to an activating group) is 1. The topological polar surface area (TPSA) is 84.7 Å². The first-order valence-corrected chi connectivity index (χ1v) is 6.02. The number of nitrogens with one attached hydrogen (secondary N) is 1. The van der Waals surface area contributed by atoms with Crippen LogP contribution in [0.2, 0.25) is 0 Å². The molecule has 1 aliphatic heterocycles. The number of hydrogen-bond acceptors (Lipinski definition) is 4. The Morgan fingerprint density at radius 3 is 3.00 bits per heavy atom. The summed E-state index contributed by atoms with van der Waals surface area (Å²) in [5, 5.41) is 2.54. The quantitative estimate of drug-likeness (QED) is 0.814. The normalized spacial score (nSPS) is 15.5. The second-order valence-electron chi connectivity index (χ2n) is 4.45. The number of hydrogen-bond donors (Lipinski definition) is 2. The van der Waals surface area contributed by atoms with Gasteiger partial charge in [0.15, 0.2) is 6.61 Å². The number of nitrogens with zero attached hydrogens (tertiary/aromatic N) is 1. The molecule has 0 aromatic heterocycles. The van der Waals surface area contributed by atoms with Crippen molar-refractivity contribution in [3.8, 4) is 5.75 Å². The van der Waals surface area contributed by atoms with Crippen molar-refractivity contribution in [2.24, 2.45) is 5.73 Å². The van der Waals surface area contributed by atoms with E-state index < -0.39 is 6.04 Å². The zero-order valence-electron chi connectivity index (χ0n) is 11.0. The van der Waals surface area contributed by atoms with E-state index in [4.69, 9.17) is 10.5 Å². The fourth-order valence-corrected chi connectivity index (χ4v) is 1.94. The number of fused-ring (bicyclic) bond motifs is 1. The SMILES string of the molecule is CNC(=O)CC(N)c1ccc2c(c1)N(C)C(=O)CO2. The lowest BCUT2D eigenvalue weighted by Gasteiger charge is -2.27. The van der Waals surface area contributed by atoms with Gasteiger partial charge < -0.3 is 20.7 Å². The van der Waals surface area contributed by atoms with Crippen LogP contribution < -0.4 is 20.7 Å². The maximum absolute atomic E-state index is 11.6. The number of carbonyl (C=O) groups is 2. The van der Waals surface area contributed by atoms with E-state index in [-0.39, 0.29) is 24.8 Å². The molecule has 6 heteroatoms. The number of rotatable bonds is 3. The molecule has 0 spiro atoms. The molecule has 0 saturated heterocycles. The average molecular weight is 263 g/mol. The third kappa shape index (κ3) is 2.68. The van der Waals surface area contributed by atoms with Gasteiger partial charge in [-0.3, -0.25) is 9.59 Å². The van der Waals surface area contributed by atoms with Crippen LogP contribution in [-0.4, -0.2) is 32.5 Å². The lowest BCUT2D eigenvalue weighted by molar-refractivity contribution is -0.121. The molecule has 2 rings (SSSR count). The highest BCUT2D eigenvalue weighted by molar-refractivity contribution is 5.97. The molecule has 0 aliphatic carbocycles. The van der Waals surface area contributed by atoms with Gasteiger partial charge in [0.2, 0.25) is 5.91 Å². The van der Waals surface area contributed by atoms with Gasteiger partial charge in [0, 0.05) is 26.6 Å². The van der Waals surface area contributed by atoms with Crippen molar-refractivity contribution in [2.45, 2.75) is 12.5 Å². The third-order valence-electron chi connectivity index (χ3n) is 3.18. The number of anilines is 1. The van der Waals surface area contributed by atoms with Gasteiger partial charge in [-0.15, -0.1) is 0 Å². The summed E-state index contributed by atoms with van der Waals surface area (Å²) in [6.07, 6.45) is 0.202. The summed E-state index contributed by atoms with van der Waals surface area (Å²) in [4.78, 5) is 24.4. The molecule has 1 aliphatic rings. The molecule has 102 valence electrons.